The molecule has 1 aromatic rings. The number of rotatable bonds is 7. The number of amides is 2. The first-order chi connectivity index (χ1) is 10.7. The van der Waals surface area contributed by atoms with Crippen molar-refractivity contribution in [2.75, 3.05) is 38.7 Å². The molecule has 1 N–H and O–H groups in total. The second kappa shape index (κ2) is 8.63. The van der Waals surface area contributed by atoms with E-state index in [4.69, 9.17) is 9.47 Å². The lowest BCUT2D eigenvalue weighted by Gasteiger charge is -2.17. The Labute approximate surface area is 132 Å². The molecule has 1 atom stereocenters. The number of hydrogen-bond acceptors (Lipinski definition) is 3. The highest BCUT2D eigenvalue weighted by molar-refractivity contribution is 5.89. The van der Waals surface area contributed by atoms with Crippen LogP contribution < -0.4 is 10.1 Å². The van der Waals surface area contributed by atoms with Crippen molar-refractivity contribution in [3.63, 3.8) is 0 Å². The third kappa shape index (κ3) is 5.22. The lowest BCUT2D eigenvalue weighted by molar-refractivity contribution is 0.167. The lowest BCUT2D eigenvalue weighted by Crippen LogP contribution is -2.32. The molecule has 1 heterocycles. The van der Waals surface area contributed by atoms with Gasteiger partial charge in [0.1, 0.15) is 5.75 Å². The molecule has 1 fully saturated rings. The lowest BCUT2D eigenvalue weighted by atomic mass is 10.1. The smallest absolute Gasteiger partial charge is 0.321 e. The fourth-order valence-corrected chi connectivity index (χ4v) is 2.28. The Morgan fingerprint density at radius 3 is 2.82 bits per heavy atom. The average Bonchev–Trinajstić information content (AvgIpc) is 3.05. The highest BCUT2D eigenvalue weighted by Gasteiger charge is 2.16. The molecule has 1 aliphatic rings. The molecule has 122 valence electrons. The van der Waals surface area contributed by atoms with Crippen molar-refractivity contribution in [2.45, 2.75) is 26.2 Å². The number of nitrogens with one attached hydrogen (secondary N) is 1. The maximum Gasteiger partial charge on any atom is 0.321 e. The molecule has 1 unspecified atom stereocenters. The van der Waals surface area contributed by atoms with Gasteiger partial charge in [-0.3, -0.25) is 0 Å². The van der Waals surface area contributed by atoms with E-state index in [1.807, 2.05) is 31.3 Å². The van der Waals surface area contributed by atoms with E-state index in [0.717, 1.165) is 50.5 Å². The van der Waals surface area contributed by atoms with Crippen molar-refractivity contribution in [3.8, 4) is 5.75 Å². The Morgan fingerprint density at radius 2 is 2.18 bits per heavy atom. The zero-order chi connectivity index (χ0) is 15.8. The van der Waals surface area contributed by atoms with E-state index in [2.05, 4.69) is 12.2 Å². The van der Waals surface area contributed by atoms with Crippen LogP contribution in [0.1, 0.15) is 26.2 Å². The Bertz CT molecular complexity index is 455. The molecule has 1 aromatic carbocycles. The average molecular weight is 306 g/mol. The second-order valence-corrected chi connectivity index (χ2v) is 5.77. The van der Waals surface area contributed by atoms with Crippen LogP contribution in [0.5, 0.6) is 5.75 Å². The Hall–Kier alpha value is -1.75. The summed E-state index contributed by atoms with van der Waals surface area (Å²) in [5.41, 5.74) is 0.782. The predicted molar refractivity (Wildman–Crippen MR) is 87.4 cm³/mol. The summed E-state index contributed by atoms with van der Waals surface area (Å²) in [4.78, 5) is 13.7. The van der Waals surface area contributed by atoms with E-state index < -0.39 is 0 Å². The van der Waals surface area contributed by atoms with Crippen LogP contribution in [0, 0.1) is 5.92 Å². The summed E-state index contributed by atoms with van der Waals surface area (Å²) in [6.45, 7) is 5.20. The summed E-state index contributed by atoms with van der Waals surface area (Å²) in [5.74, 6) is 1.32. The fraction of sp³-hybridized carbons (Fsp3) is 0.588. The zero-order valence-corrected chi connectivity index (χ0v) is 13.5. The number of carbonyl (C=O) groups excluding carboxylic acids is 1. The number of carbonyl (C=O) groups is 1. The monoisotopic (exact) mass is 306 g/mol. The van der Waals surface area contributed by atoms with Gasteiger partial charge in [0.15, 0.2) is 0 Å². The summed E-state index contributed by atoms with van der Waals surface area (Å²) in [7, 11) is 1.81. The third-order valence-electron chi connectivity index (χ3n) is 3.81. The highest BCUT2D eigenvalue weighted by atomic mass is 16.5. The first-order valence-corrected chi connectivity index (χ1v) is 8.01. The van der Waals surface area contributed by atoms with Gasteiger partial charge in [0, 0.05) is 31.8 Å². The van der Waals surface area contributed by atoms with Gasteiger partial charge < -0.3 is 19.7 Å². The summed E-state index contributed by atoms with van der Waals surface area (Å²) >= 11 is 0. The summed E-state index contributed by atoms with van der Waals surface area (Å²) in [6, 6.07) is 7.43. The van der Waals surface area contributed by atoms with Crippen molar-refractivity contribution in [2.24, 2.45) is 5.92 Å². The largest absolute Gasteiger partial charge is 0.493 e. The highest BCUT2D eigenvalue weighted by Crippen LogP contribution is 2.19. The first-order valence-electron chi connectivity index (χ1n) is 8.01. The molecule has 0 aromatic heterocycles. The molecule has 2 amide bonds. The molecule has 2 rings (SSSR count). The van der Waals surface area contributed by atoms with Crippen LogP contribution in [0.4, 0.5) is 10.5 Å². The number of benzene rings is 1. The molecule has 1 aliphatic heterocycles. The summed E-state index contributed by atoms with van der Waals surface area (Å²) in [6.07, 6.45) is 3.16. The molecular formula is C17H26N2O3. The first kappa shape index (κ1) is 16.6. The number of anilines is 1. The van der Waals surface area contributed by atoms with Crippen LogP contribution in [0.15, 0.2) is 24.3 Å². The maximum atomic E-state index is 12.0. The van der Waals surface area contributed by atoms with Crippen LogP contribution in [-0.2, 0) is 4.74 Å². The quantitative estimate of drug-likeness (QED) is 0.840. The molecule has 0 bridgehead atoms. The normalized spacial score (nSPS) is 17.3. The Balaban J connectivity index is 1.77. The summed E-state index contributed by atoms with van der Waals surface area (Å²) in [5, 5.41) is 2.89. The predicted octanol–water partition coefficient (Wildman–Crippen LogP) is 3.37. The molecule has 0 spiro atoms. The van der Waals surface area contributed by atoms with Gasteiger partial charge in [0.2, 0.25) is 0 Å². The maximum absolute atomic E-state index is 12.0. The van der Waals surface area contributed by atoms with Gasteiger partial charge in [0.05, 0.1) is 13.2 Å². The van der Waals surface area contributed by atoms with E-state index in [1.54, 1.807) is 4.90 Å². The Morgan fingerprint density at radius 1 is 1.41 bits per heavy atom. The number of urea groups is 1. The van der Waals surface area contributed by atoms with Crippen molar-refractivity contribution < 1.29 is 14.3 Å². The van der Waals surface area contributed by atoms with Gasteiger partial charge >= 0.3 is 6.03 Å². The number of ether oxygens (including phenoxy) is 2. The fourth-order valence-electron chi connectivity index (χ4n) is 2.28. The van der Waals surface area contributed by atoms with Crippen molar-refractivity contribution in [1.82, 2.24) is 4.90 Å². The molecule has 0 radical (unpaired) electrons. The molecule has 5 nitrogen and oxygen atoms in total. The minimum absolute atomic E-state index is 0.0785. The van der Waals surface area contributed by atoms with Crippen LogP contribution >= 0.6 is 0 Å². The van der Waals surface area contributed by atoms with Gasteiger partial charge in [0.25, 0.3) is 0 Å². The molecule has 5 heteroatoms. The molecule has 0 saturated carbocycles. The van der Waals surface area contributed by atoms with Crippen molar-refractivity contribution >= 4 is 11.7 Å². The molecular weight excluding hydrogens is 280 g/mol. The summed E-state index contributed by atoms with van der Waals surface area (Å²) < 4.78 is 11.1. The molecule has 1 saturated heterocycles. The van der Waals surface area contributed by atoms with E-state index in [-0.39, 0.29) is 6.03 Å². The van der Waals surface area contributed by atoms with Crippen molar-refractivity contribution in [3.05, 3.63) is 24.3 Å². The second-order valence-electron chi connectivity index (χ2n) is 5.77. The molecule has 22 heavy (non-hydrogen) atoms. The van der Waals surface area contributed by atoms with Crippen LogP contribution in [0.3, 0.4) is 0 Å². The van der Waals surface area contributed by atoms with E-state index >= 15 is 0 Å². The number of unbranched alkanes of at least 4 members (excludes halogenated alkanes) is 1. The van der Waals surface area contributed by atoms with Gasteiger partial charge in [-0.05, 0) is 37.1 Å². The minimum atomic E-state index is -0.0785. The zero-order valence-electron chi connectivity index (χ0n) is 13.5. The van der Waals surface area contributed by atoms with E-state index in [0.29, 0.717) is 12.5 Å². The topological polar surface area (TPSA) is 50.8 Å². The van der Waals surface area contributed by atoms with Gasteiger partial charge in [-0.1, -0.05) is 13.3 Å². The van der Waals surface area contributed by atoms with Gasteiger partial charge in [-0.25, -0.2) is 4.79 Å². The minimum Gasteiger partial charge on any atom is -0.493 e. The van der Waals surface area contributed by atoms with Crippen LogP contribution in [-0.4, -0.2) is 44.3 Å². The molecule has 0 aliphatic carbocycles. The van der Waals surface area contributed by atoms with E-state index in [1.165, 1.54) is 0 Å². The standard InChI is InChI=1S/C17H26N2O3/c1-3-4-10-19(2)17(20)18-15-5-7-16(8-6-15)22-13-14-9-11-21-12-14/h5-8,14H,3-4,9-13H2,1-2H3,(H,18,20). The third-order valence-corrected chi connectivity index (χ3v) is 3.81. The van der Waals surface area contributed by atoms with Gasteiger partial charge in [-0.15, -0.1) is 0 Å². The number of hydrogen-bond donors (Lipinski definition) is 1. The Kier molecular flexibility index (Phi) is 6.52. The van der Waals surface area contributed by atoms with Crippen LogP contribution in [0.2, 0.25) is 0 Å². The SMILES string of the molecule is CCCCN(C)C(=O)Nc1ccc(OCC2CCOC2)cc1. The van der Waals surface area contributed by atoms with Crippen LogP contribution in [0.25, 0.3) is 0 Å². The van der Waals surface area contributed by atoms with Crippen molar-refractivity contribution in [1.29, 1.82) is 0 Å². The number of nitrogens with zero attached hydrogens (tertiary/aromatic N) is 1. The van der Waals surface area contributed by atoms with Gasteiger partial charge in [-0.2, -0.15) is 0 Å². The van der Waals surface area contributed by atoms with E-state index in [9.17, 15) is 4.79 Å².